The summed E-state index contributed by atoms with van der Waals surface area (Å²) in [6.45, 7) is 1.51. The van der Waals surface area contributed by atoms with Crippen LogP contribution < -0.4 is 5.32 Å². The second-order valence-electron chi connectivity index (χ2n) is 5.45. The summed E-state index contributed by atoms with van der Waals surface area (Å²) in [5, 5.41) is 3.15. The van der Waals surface area contributed by atoms with E-state index in [9.17, 15) is 16.8 Å². The van der Waals surface area contributed by atoms with Crippen molar-refractivity contribution in [2.45, 2.75) is 12.8 Å². The second kappa shape index (κ2) is 4.20. The van der Waals surface area contributed by atoms with Gasteiger partial charge in [-0.3, -0.25) is 0 Å². The van der Waals surface area contributed by atoms with Crippen molar-refractivity contribution in [1.82, 2.24) is 5.32 Å². The Morgan fingerprint density at radius 3 is 2.35 bits per heavy atom. The first-order valence-corrected chi connectivity index (χ1v) is 9.70. The summed E-state index contributed by atoms with van der Waals surface area (Å²) in [5.74, 6) is 0.789. The Balaban J connectivity index is 2.05. The van der Waals surface area contributed by atoms with Gasteiger partial charge < -0.3 is 5.32 Å². The van der Waals surface area contributed by atoms with Crippen LogP contribution in [0.15, 0.2) is 0 Å². The second-order valence-corrected chi connectivity index (χ2v) is 9.93. The lowest BCUT2D eigenvalue weighted by atomic mass is 9.68. The topological polar surface area (TPSA) is 80.3 Å². The molecule has 2 saturated heterocycles. The highest BCUT2D eigenvalue weighted by Crippen LogP contribution is 2.42. The van der Waals surface area contributed by atoms with Crippen LogP contribution >= 0.6 is 0 Å². The van der Waals surface area contributed by atoms with Gasteiger partial charge in [0, 0.05) is 24.8 Å². The van der Waals surface area contributed by atoms with Crippen LogP contribution in [-0.2, 0) is 19.7 Å². The first kappa shape index (κ1) is 13.3. The van der Waals surface area contributed by atoms with Gasteiger partial charge >= 0.3 is 0 Å². The summed E-state index contributed by atoms with van der Waals surface area (Å²) < 4.78 is 45.4. The average molecular weight is 281 g/mol. The molecule has 0 saturated carbocycles. The molecule has 0 aromatic carbocycles. The number of hydrogen-bond donors (Lipinski definition) is 1. The Bertz CT molecular complexity index is 490. The molecule has 0 aromatic rings. The van der Waals surface area contributed by atoms with E-state index in [1.54, 1.807) is 0 Å². The van der Waals surface area contributed by atoms with Gasteiger partial charge in [0.25, 0.3) is 0 Å². The van der Waals surface area contributed by atoms with Crippen molar-refractivity contribution in [3.8, 4) is 0 Å². The molecule has 1 atom stereocenters. The molecule has 2 aliphatic rings. The van der Waals surface area contributed by atoms with E-state index < -0.39 is 19.7 Å². The monoisotopic (exact) mass is 281 g/mol. The molecular weight excluding hydrogens is 262 g/mol. The Hall–Kier alpha value is -0.140. The van der Waals surface area contributed by atoms with E-state index in [1.165, 1.54) is 6.26 Å². The van der Waals surface area contributed by atoms with E-state index in [2.05, 4.69) is 5.32 Å². The molecule has 1 N–H and O–H groups in total. The number of hydrogen-bond acceptors (Lipinski definition) is 5. The molecule has 17 heavy (non-hydrogen) atoms. The molecule has 0 bridgehead atoms. The maximum Gasteiger partial charge on any atom is 0.150 e. The molecule has 100 valence electrons. The lowest BCUT2D eigenvalue weighted by Gasteiger charge is -2.47. The smallest absolute Gasteiger partial charge is 0.150 e. The quantitative estimate of drug-likeness (QED) is 0.747. The molecule has 0 amide bonds. The first-order chi connectivity index (χ1) is 7.73. The summed E-state index contributed by atoms with van der Waals surface area (Å²) in [4.78, 5) is 0. The zero-order valence-electron chi connectivity index (χ0n) is 9.98. The summed E-state index contributed by atoms with van der Waals surface area (Å²) in [6.07, 6.45) is 2.50. The molecule has 0 spiro atoms. The van der Waals surface area contributed by atoms with Gasteiger partial charge in [-0.25, -0.2) is 16.8 Å². The van der Waals surface area contributed by atoms with Crippen LogP contribution in [0.5, 0.6) is 0 Å². The van der Waals surface area contributed by atoms with Crippen LogP contribution in [0.4, 0.5) is 0 Å². The van der Waals surface area contributed by atoms with Crippen LogP contribution in [-0.4, -0.2) is 53.4 Å². The molecule has 0 aromatic heterocycles. The molecule has 2 aliphatic heterocycles. The van der Waals surface area contributed by atoms with Gasteiger partial charge in [-0.1, -0.05) is 0 Å². The van der Waals surface area contributed by atoms with E-state index in [0.717, 1.165) is 13.1 Å². The Morgan fingerprint density at radius 2 is 2.00 bits per heavy atom. The minimum absolute atomic E-state index is 0.105. The van der Waals surface area contributed by atoms with Crippen LogP contribution in [0, 0.1) is 11.3 Å². The van der Waals surface area contributed by atoms with Crippen molar-refractivity contribution in [2.75, 3.05) is 36.6 Å². The fourth-order valence-electron chi connectivity index (χ4n) is 2.78. The summed E-state index contributed by atoms with van der Waals surface area (Å²) >= 11 is 0. The van der Waals surface area contributed by atoms with Crippen molar-refractivity contribution in [2.24, 2.45) is 11.3 Å². The summed E-state index contributed by atoms with van der Waals surface area (Å²) in [6, 6.07) is 0. The highest BCUT2D eigenvalue weighted by Gasteiger charge is 2.48. The maximum absolute atomic E-state index is 11.5. The molecule has 2 fully saturated rings. The lowest BCUT2D eigenvalue weighted by Crippen LogP contribution is -2.58. The van der Waals surface area contributed by atoms with Crippen LogP contribution in [0.3, 0.4) is 0 Å². The van der Waals surface area contributed by atoms with Gasteiger partial charge in [-0.05, 0) is 18.8 Å². The molecule has 2 rings (SSSR count). The normalized spacial score (nSPS) is 31.0. The maximum atomic E-state index is 11.5. The molecule has 0 aliphatic carbocycles. The third-order valence-electron chi connectivity index (χ3n) is 4.02. The third kappa shape index (κ3) is 3.00. The molecule has 5 nitrogen and oxygen atoms in total. The van der Waals surface area contributed by atoms with E-state index in [0.29, 0.717) is 12.8 Å². The molecule has 7 heteroatoms. The zero-order chi connectivity index (χ0) is 12.7. The molecule has 1 unspecified atom stereocenters. The summed E-state index contributed by atoms with van der Waals surface area (Å²) in [5.41, 5.74) is -0.105. The van der Waals surface area contributed by atoms with Crippen LogP contribution in [0.25, 0.3) is 0 Å². The standard InChI is InChI=1S/C10H19NO4S2/c1-16(12,13)5-3-10(7-11-8-10)9-2-4-17(14,15)6-9/h9,11H,2-8H2,1H3. The Labute approximate surface area is 103 Å². The Kier molecular flexibility index (Phi) is 3.29. The Morgan fingerprint density at radius 1 is 1.35 bits per heavy atom. The predicted molar refractivity (Wildman–Crippen MR) is 66.4 cm³/mol. The van der Waals surface area contributed by atoms with Gasteiger partial charge in [-0.15, -0.1) is 0 Å². The van der Waals surface area contributed by atoms with Crippen LogP contribution in [0.2, 0.25) is 0 Å². The molecule has 2 heterocycles. The number of nitrogens with one attached hydrogen (secondary N) is 1. The largest absolute Gasteiger partial charge is 0.316 e. The van der Waals surface area contributed by atoms with E-state index in [-0.39, 0.29) is 28.6 Å². The first-order valence-electron chi connectivity index (χ1n) is 5.81. The van der Waals surface area contributed by atoms with Crippen LogP contribution in [0.1, 0.15) is 12.8 Å². The van der Waals surface area contributed by atoms with Gasteiger partial charge in [0.05, 0.1) is 17.3 Å². The number of sulfone groups is 2. The zero-order valence-corrected chi connectivity index (χ0v) is 11.6. The van der Waals surface area contributed by atoms with Gasteiger partial charge in [0.15, 0.2) is 9.84 Å². The highest BCUT2D eigenvalue weighted by molar-refractivity contribution is 7.91. The molecule has 0 radical (unpaired) electrons. The van der Waals surface area contributed by atoms with Gasteiger partial charge in [-0.2, -0.15) is 0 Å². The minimum Gasteiger partial charge on any atom is -0.316 e. The van der Waals surface area contributed by atoms with E-state index in [1.807, 2.05) is 0 Å². The lowest BCUT2D eigenvalue weighted by molar-refractivity contribution is 0.0881. The van der Waals surface area contributed by atoms with Crippen molar-refractivity contribution >= 4 is 19.7 Å². The van der Waals surface area contributed by atoms with Crippen molar-refractivity contribution < 1.29 is 16.8 Å². The van der Waals surface area contributed by atoms with E-state index >= 15 is 0 Å². The van der Waals surface area contributed by atoms with Gasteiger partial charge in [0.1, 0.15) is 9.84 Å². The fraction of sp³-hybridized carbons (Fsp3) is 1.00. The summed E-state index contributed by atoms with van der Waals surface area (Å²) in [7, 11) is -5.85. The average Bonchev–Trinajstić information content (AvgIpc) is 2.42. The SMILES string of the molecule is CS(=O)(=O)CCC1(C2CCS(=O)(=O)C2)CNC1. The molecular formula is C10H19NO4S2. The van der Waals surface area contributed by atoms with Gasteiger partial charge in [0.2, 0.25) is 0 Å². The van der Waals surface area contributed by atoms with Crippen molar-refractivity contribution in [1.29, 1.82) is 0 Å². The third-order valence-corrected chi connectivity index (χ3v) is 6.74. The predicted octanol–water partition coefficient (Wildman–Crippen LogP) is -0.555. The fourth-order valence-corrected chi connectivity index (χ4v) is 5.50. The minimum atomic E-state index is -2.97. The highest BCUT2D eigenvalue weighted by atomic mass is 32.2. The number of rotatable bonds is 4. The van der Waals surface area contributed by atoms with E-state index in [4.69, 9.17) is 0 Å². The van der Waals surface area contributed by atoms with Crippen molar-refractivity contribution in [3.05, 3.63) is 0 Å². The van der Waals surface area contributed by atoms with Crippen molar-refractivity contribution in [3.63, 3.8) is 0 Å².